The lowest BCUT2D eigenvalue weighted by Gasteiger charge is -2.48. The molecule has 3 fully saturated rings. The summed E-state index contributed by atoms with van der Waals surface area (Å²) in [5.74, 6) is -0.266. The Morgan fingerprint density at radius 2 is 0.620 bits per heavy atom. The minimum Gasteiger partial charge on any atom is -0.394 e. The normalized spacial score (nSPS) is 26.4. The highest BCUT2D eigenvalue weighted by Gasteiger charge is 2.54. The van der Waals surface area contributed by atoms with Crippen molar-refractivity contribution in [1.82, 2.24) is 5.32 Å². The van der Waals surface area contributed by atoms with Crippen LogP contribution >= 0.6 is 0 Å². The molecule has 19 heteroatoms. The smallest absolute Gasteiger partial charge is 0.220 e. The van der Waals surface area contributed by atoms with Crippen LogP contribution in [0.2, 0.25) is 0 Å². The first kappa shape index (κ1) is 92.7. The molecule has 12 N–H and O–H groups in total. The van der Waals surface area contributed by atoms with Gasteiger partial charge in [-0.05, 0) is 19.3 Å². The van der Waals surface area contributed by atoms with Crippen LogP contribution in [0, 0.1) is 0 Å². The Kier molecular flexibility index (Phi) is 58.0. The first-order valence-electron chi connectivity index (χ1n) is 41.9. The van der Waals surface area contributed by atoms with E-state index in [4.69, 9.17) is 28.4 Å². The third kappa shape index (κ3) is 42.2. The molecule has 592 valence electrons. The minimum atomic E-state index is -1.98. The van der Waals surface area contributed by atoms with E-state index >= 15 is 0 Å². The second-order valence-corrected chi connectivity index (χ2v) is 30.3. The second kappa shape index (κ2) is 62.6. The standard InChI is InChI=1S/C81H155NO18/c1-3-5-7-9-11-13-15-17-19-21-23-25-26-27-28-29-30-31-32-33-34-35-36-37-38-39-41-43-45-47-49-51-53-55-57-59-69(87)82-64(65(86)58-56-54-52-50-48-46-44-42-40-24-22-20-18-16-14-12-10-8-6-4-2)63-95-79-75(93)72(90)77(67(61-84)97-79)100-81-76(94)73(91)78(68(62-85)98-81)99-80-74(92)71(89)70(88)66(60-83)96-80/h56,58,64-68,70-81,83-86,88-94H,3-55,57,59-63H2,1-2H3,(H,82,87)/b58-56+. The number of hydrogen-bond donors (Lipinski definition) is 12. The Hall–Kier alpha value is -1.47. The van der Waals surface area contributed by atoms with E-state index < -0.39 is 124 Å². The van der Waals surface area contributed by atoms with Gasteiger partial charge >= 0.3 is 0 Å². The molecule has 17 atom stereocenters. The summed E-state index contributed by atoms with van der Waals surface area (Å²) in [5.41, 5.74) is 0. The maximum Gasteiger partial charge on any atom is 0.220 e. The van der Waals surface area contributed by atoms with E-state index in [1.54, 1.807) is 6.08 Å². The van der Waals surface area contributed by atoms with Gasteiger partial charge in [0.1, 0.15) is 73.2 Å². The van der Waals surface area contributed by atoms with Gasteiger partial charge in [-0.25, -0.2) is 0 Å². The molecule has 3 heterocycles. The second-order valence-electron chi connectivity index (χ2n) is 30.3. The highest BCUT2D eigenvalue weighted by molar-refractivity contribution is 5.76. The van der Waals surface area contributed by atoms with Gasteiger partial charge in [0.25, 0.3) is 0 Å². The SMILES string of the molecule is CCCCCCCCCCCCCCCCCCCC/C=C/C(O)C(COC1OC(CO)C(OC2OC(CO)C(OC3OC(CO)C(O)C(O)C3O)C(O)C2O)C(O)C1O)NC(=O)CCCCCCCCCCCCCCCCCCCCCCCCCCCCCCCCCCCCC. The van der Waals surface area contributed by atoms with E-state index in [1.807, 2.05) is 6.08 Å². The molecule has 0 spiro atoms. The number of unbranched alkanes of at least 4 members (excludes halogenated alkanes) is 52. The number of rotatable bonds is 68. The van der Waals surface area contributed by atoms with Gasteiger partial charge in [-0.2, -0.15) is 0 Å². The monoisotopic (exact) mass is 1430 g/mol. The van der Waals surface area contributed by atoms with Crippen molar-refractivity contribution in [2.24, 2.45) is 0 Å². The van der Waals surface area contributed by atoms with Crippen molar-refractivity contribution in [2.75, 3.05) is 26.4 Å². The quantitative estimate of drug-likeness (QED) is 0.0199. The summed E-state index contributed by atoms with van der Waals surface area (Å²) in [4.78, 5) is 13.5. The van der Waals surface area contributed by atoms with Crippen LogP contribution in [0.3, 0.4) is 0 Å². The molecule has 0 bridgehead atoms. The molecule has 17 unspecified atom stereocenters. The average molecular weight is 1430 g/mol. The van der Waals surface area contributed by atoms with Gasteiger partial charge in [-0.1, -0.05) is 353 Å². The molecule has 100 heavy (non-hydrogen) atoms. The van der Waals surface area contributed by atoms with Crippen molar-refractivity contribution in [3.05, 3.63) is 12.2 Å². The molecular weight excluding hydrogens is 1270 g/mol. The zero-order valence-electron chi connectivity index (χ0n) is 63.5. The molecule has 3 aliphatic heterocycles. The predicted molar refractivity (Wildman–Crippen MR) is 397 cm³/mol. The van der Waals surface area contributed by atoms with Crippen molar-refractivity contribution in [3.63, 3.8) is 0 Å². The number of nitrogens with one attached hydrogen (secondary N) is 1. The van der Waals surface area contributed by atoms with E-state index in [-0.39, 0.29) is 18.9 Å². The van der Waals surface area contributed by atoms with Crippen molar-refractivity contribution >= 4 is 5.91 Å². The Labute approximate surface area is 607 Å². The van der Waals surface area contributed by atoms with Gasteiger partial charge in [0.05, 0.1) is 38.6 Å². The largest absolute Gasteiger partial charge is 0.394 e. The number of carbonyl (C=O) groups excluding carboxylic acids is 1. The lowest BCUT2D eigenvalue weighted by molar-refractivity contribution is -0.379. The van der Waals surface area contributed by atoms with E-state index in [2.05, 4.69) is 19.2 Å². The minimum absolute atomic E-state index is 0.250. The van der Waals surface area contributed by atoms with Crippen molar-refractivity contribution in [3.8, 4) is 0 Å². The fourth-order valence-corrected chi connectivity index (χ4v) is 14.6. The maximum atomic E-state index is 13.5. The maximum absolute atomic E-state index is 13.5. The fourth-order valence-electron chi connectivity index (χ4n) is 14.6. The van der Waals surface area contributed by atoms with Crippen LogP contribution in [-0.4, -0.2) is 193 Å². The molecular formula is C81H155NO18. The molecule has 0 aliphatic carbocycles. The Balaban J connectivity index is 1.33. The number of hydrogen-bond acceptors (Lipinski definition) is 18. The lowest BCUT2D eigenvalue weighted by atomic mass is 9.96. The lowest BCUT2D eigenvalue weighted by Crippen LogP contribution is -2.66. The number of allylic oxidation sites excluding steroid dienone is 1. The van der Waals surface area contributed by atoms with Crippen LogP contribution < -0.4 is 5.32 Å². The summed E-state index contributed by atoms with van der Waals surface area (Å²) in [7, 11) is 0. The van der Waals surface area contributed by atoms with Gasteiger partial charge in [0, 0.05) is 6.42 Å². The van der Waals surface area contributed by atoms with Crippen molar-refractivity contribution in [1.29, 1.82) is 0 Å². The summed E-state index contributed by atoms with van der Waals surface area (Å²) < 4.78 is 34.5. The third-order valence-electron chi connectivity index (χ3n) is 21.3. The van der Waals surface area contributed by atoms with E-state index in [1.165, 1.54) is 295 Å². The molecule has 0 radical (unpaired) electrons. The number of amides is 1. The summed E-state index contributed by atoms with van der Waals surface area (Å²) in [6, 6.07) is -0.970. The number of carbonyl (C=O) groups is 1. The molecule has 3 aliphatic rings. The van der Waals surface area contributed by atoms with Crippen LogP contribution in [0.5, 0.6) is 0 Å². The molecule has 0 aromatic carbocycles. The average Bonchev–Trinajstić information content (AvgIpc) is 0.783. The van der Waals surface area contributed by atoms with E-state index in [0.29, 0.717) is 6.42 Å². The Bertz CT molecular complexity index is 1850. The number of ether oxygens (including phenoxy) is 6. The topological polar surface area (TPSA) is 307 Å². The van der Waals surface area contributed by atoms with Crippen LogP contribution in [0.15, 0.2) is 12.2 Å². The van der Waals surface area contributed by atoms with Gasteiger partial charge in [0.15, 0.2) is 18.9 Å². The summed E-state index contributed by atoms with van der Waals surface area (Å²) in [5, 5.41) is 121. The molecule has 0 saturated carbocycles. The van der Waals surface area contributed by atoms with Crippen LogP contribution in [-0.2, 0) is 33.2 Å². The van der Waals surface area contributed by atoms with Gasteiger partial charge < -0.3 is 89.9 Å². The molecule has 3 saturated heterocycles. The Morgan fingerprint density at radius 1 is 0.350 bits per heavy atom. The molecule has 0 aromatic heterocycles. The van der Waals surface area contributed by atoms with Crippen LogP contribution in [0.1, 0.15) is 367 Å². The van der Waals surface area contributed by atoms with E-state index in [0.717, 1.165) is 44.9 Å². The first-order valence-corrected chi connectivity index (χ1v) is 41.9. The fraction of sp³-hybridized carbons (Fsp3) is 0.963. The van der Waals surface area contributed by atoms with Crippen molar-refractivity contribution < 1.29 is 89.4 Å². The molecule has 1 amide bonds. The van der Waals surface area contributed by atoms with Crippen LogP contribution in [0.25, 0.3) is 0 Å². The third-order valence-corrected chi connectivity index (χ3v) is 21.3. The van der Waals surface area contributed by atoms with Gasteiger partial charge in [-0.3, -0.25) is 4.79 Å². The summed E-state index contributed by atoms with van der Waals surface area (Å²) in [6.07, 6.45) is 47.9. The van der Waals surface area contributed by atoms with Crippen molar-refractivity contribution in [2.45, 2.75) is 471 Å². The zero-order valence-corrected chi connectivity index (χ0v) is 63.5. The molecule has 3 rings (SSSR count). The molecule has 0 aromatic rings. The first-order chi connectivity index (χ1) is 48.8. The van der Waals surface area contributed by atoms with Crippen LogP contribution in [0.4, 0.5) is 0 Å². The number of aliphatic hydroxyl groups is 11. The van der Waals surface area contributed by atoms with E-state index in [9.17, 15) is 61.0 Å². The predicted octanol–water partition coefficient (Wildman–Crippen LogP) is 14.3. The zero-order chi connectivity index (χ0) is 72.5. The highest BCUT2D eigenvalue weighted by Crippen LogP contribution is 2.33. The summed E-state index contributed by atoms with van der Waals surface area (Å²) in [6.45, 7) is 1.80. The number of aliphatic hydroxyl groups excluding tert-OH is 11. The highest BCUT2D eigenvalue weighted by atomic mass is 16.8. The summed E-state index contributed by atoms with van der Waals surface area (Å²) >= 11 is 0. The Morgan fingerprint density at radius 3 is 0.940 bits per heavy atom. The van der Waals surface area contributed by atoms with Gasteiger partial charge in [0.2, 0.25) is 5.91 Å². The van der Waals surface area contributed by atoms with Gasteiger partial charge in [-0.15, -0.1) is 0 Å². The molecule has 19 nitrogen and oxygen atoms in total.